The Morgan fingerprint density at radius 1 is 1.09 bits per heavy atom. The van der Waals surface area contributed by atoms with E-state index in [4.69, 9.17) is 0 Å². The summed E-state index contributed by atoms with van der Waals surface area (Å²) >= 11 is 0. The molecule has 5 heteroatoms. The number of anilines is 1. The summed E-state index contributed by atoms with van der Waals surface area (Å²) in [5, 5.41) is 5.55. The van der Waals surface area contributed by atoms with Crippen LogP contribution in [0.25, 0.3) is 0 Å². The predicted molar refractivity (Wildman–Crippen MR) is 87.8 cm³/mol. The van der Waals surface area contributed by atoms with E-state index in [0.717, 1.165) is 43.6 Å². The van der Waals surface area contributed by atoms with Crippen LogP contribution in [0.5, 0.6) is 0 Å². The maximum Gasteiger partial charge on any atom is 0.243 e. The number of nitrogens with one attached hydrogen (secondary N) is 2. The number of benzene rings is 1. The second-order valence-electron chi connectivity index (χ2n) is 5.67. The maximum absolute atomic E-state index is 11.9. The van der Waals surface area contributed by atoms with Crippen LogP contribution in [0.3, 0.4) is 0 Å². The van der Waals surface area contributed by atoms with Gasteiger partial charge in [-0.15, -0.1) is 0 Å². The lowest BCUT2D eigenvalue weighted by Gasteiger charge is -2.25. The normalized spacial score (nSPS) is 15.3. The summed E-state index contributed by atoms with van der Waals surface area (Å²) in [4.78, 5) is 25.9. The lowest BCUT2D eigenvalue weighted by atomic mass is 10.1. The van der Waals surface area contributed by atoms with Crippen molar-refractivity contribution in [1.82, 2.24) is 10.2 Å². The standard InChI is InChI=1S/C17H25N3O2/c1-2-14-8-4-5-9-15(14)19-16(21)12-18-17(22)13-20-10-6-3-7-11-20/h4-5,8-9H,2-3,6-7,10-13H2,1H3,(H,18,22)(H,19,21). The zero-order chi connectivity index (χ0) is 15.8. The van der Waals surface area contributed by atoms with E-state index in [1.165, 1.54) is 6.42 Å². The molecule has 1 aromatic carbocycles. The SMILES string of the molecule is CCc1ccccc1NC(=O)CNC(=O)CN1CCCCC1. The van der Waals surface area contributed by atoms with Crippen LogP contribution in [0, 0.1) is 0 Å². The van der Waals surface area contributed by atoms with Crippen molar-refractivity contribution < 1.29 is 9.59 Å². The minimum absolute atomic E-state index is 0.0186. The zero-order valence-corrected chi connectivity index (χ0v) is 13.2. The van der Waals surface area contributed by atoms with Crippen LogP contribution in [-0.4, -0.2) is 42.9 Å². The summed E-state index contributed by atoms with van der Waals surface area (Å²) in [5.41, 5.74) is 1.91. The Kier molecular flexibility index (Phi) is 6.40. The van der Waals surface area contributed by atoms with E-state index in [1.54, 1.807) is 0 Å². The van der Waals surface area contributed by atoms with Crippen molar-refractivity contribution in [3.8, 4) is 0 Å². The Labute approximate surface area is 132 Å². The summed E-state index contributed by atoms with van der Waals surface area (Å²) in [6.45, 7) is 4.40. The van der Waals surface area contributed by atoms with Crippen molar-refractivity contribution in [1.29, 1.82) is 0 Å². The van der Waals surface area contributed by atoms with Gasteiger partial charge in [0.15, 0.2) is 0 Å². The lowest BCUT2D eigenvalue weighted by Crippen LogP contribution is -2.42. The summed E-state index contributed by atoms with van der Waals surface area (Å²) in [6.07, 6.45) is 4.41. The van der Waals surface area contributed by atoms with E-state index in [2.05, 4.69) is 15.5 Å². The van der Waals surface area contributed by atoms with Gasteiger partial charge >= 0.3 is 0 Å². The van der Waals surface area contributed by atoms with Gasteiger partial charge in [0.2, 0.25) is 11.8 Å². The molecule has 0 atom stereocenters. The Bertz CT molecular complexity index is 510. The van der Waals surface area contributed by atoms with Gasteiger partial charge in [0, 0.05) is 5.69 Å². The number of amides is 2. The quantitative estimate of drug-likeness (QED) is 0.842. The van der Waals surface area contributed by atoms with Crippen molar-refractivity contribution in [3.63, 3.8) is 0 Å². The first kappa shape index (κ1) is 16.5. The number of likely N-dealkylation sites (tertiary alicyclic amines) is 1. The molecule has 1 heterocycles. The van der Waals surface area contributed by atoms with Gasteiger partial charge in [-0.05, 0) is 44.0 Å². The molecule has 1 aliphatic rings. The number of para-hydroxylation sites is 1. The van der Waals surface area contributed by atoms with Crippen LogP contribution >= 0.6 is 0 Å². The van der Waals surface area contributed by atoms with Gasteiger partial charge in [-0.3, -0.25) is 14.5 Å². The number of nitrogens with zero attached hydrogens (tertiary/aromatic N) is 1. The molecule has 5 nitrogen and oxygen atoms in total. The Hall–Kier alpha value is -1.88. The highest BCUT2D eigenvalue weighted by molar-refractivity contribution is 5.95. The molecule has 0 radical (unpaired) electrons. The molecular weight excluding hydrogens is 278 g/mol. The van der Waals surface area contributed by atoms with Gasteiger partial charge < -0.3 is 10.6 Å². The number of rotatable bonds is 6. The van der Waals surface area contributed by atoms with E-state index < -0.39 is 0 Å². The minimum Gasteiger partial charge on any atom is -0.346 e. The molecule has 1 fully saturated rings. The maximum atomic E-state index is 11.9. The van der Waals surface area contributed by atoms with Crippen LogP contribution in [0.1, 0.15) is 31.7 Å². The fraction of sp³-hybridized carbons (Fsp3) is 0.529. The highest BCUT2D eigenvalue weighted by Gasteiger charge is 2.14. The third-order valence-electron chi connectivity index (χ3n) is 3.93. The second kappa shape index (κ2) is 8.54. The number of carbonyl (C=O) groups excluding carboxylic acids is 2. The summed E-state index contributed by atoms with van der Waals surface area (Å²) in [6, 6.07) is 7.72. The Balaban J connectivity index is 1.73. The fourth-order valence-corrected chi connectivity index (χ4v) is 2.70. The Morgan fingerprint density at radius 2 is 1.82 bits per heavy atom. The lowest BCUT2D eigenvalue weighted by molar-refractivity contribution is -0.125. The number of piperidine rings is 1. The van der Waals surface area contributed by atoms with Gasteiger partial charge in [-0.1, -0.05) is 31.5 Å². The van der Waals surface area contributed by atoms with Crippen molar-refractivity contribution in [2.75, 3.05) is 31.5 Å². The molecule has 2 amide bonds. The van der Waals surface area contributed by atoms with Crippen molar-refractivity contribution >= 4 is 17.5 Å². The van der Waals surface area contributed by atoms with Gasteiger partial charge in [0.1, 0.15) is 0 Å². The zero-order valence-electron chi connectivity index (χ0n) is 13.2. The van der Waals surface area contributed by atoms with Crippen LogP contribution < -0.4 is 10.6 Å². The largest absolute Gasteiger partial charge is 0.346 e. The molecule has 1 aliphatic heterocycles. The van der Waals surface area contributed by atoms with Gasteiger partial charge in [-0.2, -0.15) is 0 Å². The molecule has 0 aromatic heterocycles. The van der Waals surface area contributed by atoms with Crippen molar-refractivity contribution in [2.24, 2.45) is 0 Å². The predicted octanol–water partition coefficient (Wildman–Crippen LogP) is 1.79. The first-order chi connectivity index (χ1) is 10.7. The van der Waals surface area contributed by atoms with Gasteiger partial charge in [0.25, 0.3) is 0 Å². The molecule has 2 rings (SSSR count). The number of carbonyl (C=O) groups is 2. The molecule has 0 bridgehead atoms. The smallest absolute Gasteiger partial charge is 0.243 e. The van der Waals surface area contributed by atoms with Crippen molar-refractivity contribution in [2.45, 2.75) is 32.6 Å². The van der Waals surface area contributed by atoms with Gasteiger partial charge in [0.05, 0.1) is 13.1 Å². The molecule has 0 aliphatic carbocycles. The molecule has 0 saturated carbocycles. The molecule has 120 valence electrons. The van der Waals surface area contributed by atoms with Crippen LogP contribution in [0.15, 0.2) is 24.3 Å². The van der Waals surface area contributed by atoms with E-state index in [9.17, 15) is 9.59 Å². The third kappa shape index (κ3) is 5.15. The molecule has 0 unspecified atom stereocenters. The average molecular weight is 303 g/mol. The molecule has 0 spiro atoms. The van der Waals surface area contributed by atoms with Gasteiger partial charge in [-0.25, -0.2) is 0 Å². The third-order valence-corrected chi connectivity index (χ3v) is 3.93. The summed E-state index contributed by atoms with van der Waals surface area (Å²) < 4.78 is 0. The van der Waals surface area contributed by atoms with Crippen LogP contribution in [0.2, 0.25) is 0 Å². The topological polar surface area (TPSA) is 61.4 Å². The Morgan fingerprint density at radius 3 is 2.55 bits per heavy atom. The highest BCUT2D eigenvalue weighted by atomic mass is 16.2. The minimum atomic E-state index is -0.187. The van der Waals surface area contributed by atoms with E-state index in [-0.39, 0.29) is 18.4 Å². The number of aryl methyl sites for hydroxylation is 1. The molecule has 2 N–H and O–H groups in total. The monoisotopic (exact) mass is 303 g/mol. The molecule has 1 aromatic rings. The average Bonchev–Trinajstić information content (AvgIpc) is 2.54. The molecule has 22 heavy (non-hydrogen) atoms. The number of hydrogen-bond donors (Lipinski definition) is 2. The number of hydrogen-bond acceptors (Lipinski definition) is 3. The van der Waals surface area contributed by atoms with Crippen LogP contribution in [-0.2, 0) is 16.0 Å². The fourth-order valence-electron chi connectivity index (χ4n) is 2.70. The molecular formula is C17H25N3O2. The second-order valence-corrected chi connectivity index (χ2v) is 5.67. The van der Waals surface area contributed by atoms with Crippen LogP contribution in [0.4, 0.5) is 5.69 Å². The molecule has 1 saturated heterocycles. The van der Waals surface area contributed by atoms with E-state index in [1.807, 2.05) is 31.2 Å². The summed E-state index contributed by atoms with van der Waals surface area (Å²) in [5.74, 6) is -0.270. The first-order valence-electron chi connectivity index (χ1n) is 8.06. The van der Waals surface area contributed by atoms with E-state index >= 15 is 0 Å². The highest BCUT2D eigenvalue weighted by Crippen LogP contribution is 2.14. The van der Waals surface area contributed by atoms with Crippen molar-refractivity contribution in [3.05, 3.63) is 29.8 Å². The van der Waals surface area contributed by atoms with E-state index in [0.29, 0.717) is 6.54 Å². The first-order valence-corrected chi connectivity index (χ1v) is 8.06. The summed E-state index contributed by atoms with van der Waals surface area (Å²) in [7, 11) is 0.